The molecule has 3 heteroatoms. The number of imidazole rings is 1. The minimum absolute atomic E-state index is 0.444. The molecule has 1 fully saturated rings. The molecule has 0 saturated heterocycles. The summed E-state index contributed by atoms with van der Waals surface area (Å²) in [7, 11) is 0. The van der Waals surface area contributed by atoms with Crippen LogP contribution >= 0.6 is 11.6 Å². The normalized spacial score (nSPS) is 22.7. The molecule has 18 heavy (non-hydrogen) atoms. The number of hydrogen-bond donors (Lipinski definition) is 0. The SMILES string of the molecule is CC1(C)CCC(n2c(CCl)nc3ccccc32)C1. The van der Waals surface area contributed by atoms with E-state index in [9.17, 15) is 0 Å². The van der Waals surface area contributed by atoms with Gasteiger partial charge in [-0.3, -0.25) is 0 Å². The summed E-state index contributed by atoms with van der Waals surface area (Å²) in [4.78, 5) is 4.65. The van der Waals surface area contributed by atoms with Crippen LogP contribution in [0.15, 0.2) is 24.3 Å². The quantitative estimate of drug-likeness (QED) is 0.728. The molecule has 0 bridgehead atoms. The molecule has 0 radical (unpaired) electrons. The molecule has 1 aromatic heterocycles. The van der Waals surface area contributed by atoms with Gasteiger partial charge in [-0.2, -0.15) is 0 Å². The van der Waals surface area contributed by atoms with Crippen molar-refractivity contribution in [1.29, 1.82) is 0 Å². The van der Waals surface area contributed by atoms with E-state index in [-0.39, 0.29) is 0 Å². The van der Waals surface area contributed by atoms with Gasteiger partial charge in [0.25, 0.3) is 0 Å². The van der Waals surface area contributed by atoms with E-state index in [1.165, 1.54) is 24.8 Å². The monoisotopic (exact) mass is 262 g/mol. The molecule has 0 N–H and O–H groups in total. The molecule has 0 amide bonds. The maximum absolute atomic E-state index is 6.07. The number of rotatable bonds is 2. The van der Waals surface area contributed by atoms with Crippen molar-refractivity contribution in [3.05, 3.63) is 30.1 Å². The van der Waals surface area contributed by atoms with Crippen LogP contribution < -0.4 is 0 Å². The van der Waals surface area contributed by atoms with Gasteiger partial charge in [0.05, 0.1) is 16.9 Å². The van der Waals surface area contributed by atoms with E-state index in [4.69, 9.17) is 11.6 Å². The van der Waals surface area contributed by atoms with Gasteiger partial charge in [0.2, 0.25) is 0 Å². The van der Waals surface area contributed by atoms with E-state index < -0.39 is 0 Å². The molecule has 1 atom stereocenters. The van der Waals surface area contributed by atoms with Gasteiger partial charge in [0.1, 0.15) is 5.82 Å². The van der Waals surface area contributed by atoms with Crippen LogP contribution in [0.1, 0.15) is 45.0 Å². The van der Waals surface area contributed by atoms with Gasteiger partial charge in [-0.15, -0.1) is 11.6 Å². The summed E-state index contributed by atoms with van der Waals surface area (Å²) in [5.74, 6) is 1.51. The van der Waals surface area contributed by atoms with E-state index in [2.05, 4.69) is 41.6 Å². The van der Waals surface area contributed by atoms with Gasteiger partial charge in [-0.25, -0.2) is 4.98 Å². The lowest BCUT2D eigenvalue weighted by atomic mass is 9.92. The molecule has 0 aliphatic heterocycles. The number of benzene rings is 1. The molecule has 2 nitrogen and oxygen atoms in total. The van der Waals surface area contributed by atoms with E-state index in [0.717, 1.165) is 11.3 Å². The van der Waals surface area contributed by atoms with Crippen LogP contribution in [0.5, 0.6) is 0 Å². The van der Waals surface area contributed by atoms with Gasteiger partial charge in [-0.05, 0) is 36.8 Å². The molecule has 3 rings (SSSR count). The van der Waals surface area contributed by atoms with Gasteiger partial charge in [0, 0.05) is 6.04 Å². The van der Waals surface area contributed by atoms with Crippen LogP contribution in [0.25, 0.3) is 11.0 Å². The first-order valence-corrected chi connectivity index (χ1v) is 7.16. The maximum atomic E-state index is 6.07. The Kier molecular flexibility index (Phi) is 2.86. The molecule has 1 aromatic carbocycles. The smallest absolute Gasteiger partial charge is 0.125 e. The summed E-state index contributed by atoms with van der Waals surface area (Å²) in [6.07, 6.45) is 3.74. The van der Waals surface area contributed by atoms with Crippen LogP contribution in [0.2, 0.25) is 0 Å². The summed E-state index contributed by atoms with van der Waals surface area (Å²) in [6.45, 7) is 4.71. The first kappa shape index (κ1) is 12.0. The topological polar surface area (TPSA) is 17.8 Å². The maximum Gasteiger partial charge on any atom is 0.125 e. The van der Waals surface area contributed by atoms with Crippen molar-refractivity contribution >= 4 is 22.6 Å². The summed E-state index contributed by atoms with van der Waals surface area (Å²) in [5, 5.41) is 0. The zero-order valence-corrected chi connectivity index (χ0v) is 11.7. The number of hydrogen-bond acceptors (Lipinski definition) is 1. The molecule has 1 aliphatic rings. The van der Waals surface area contributed by atoms with Crippen LogP contribution in [0.4, 0.5) is 0 Å². The first-order chi connectivity index (χ1) is 8.61. The average Bonchev–Trinajstić information content (AvgIpc) is 2.88. The Labute approximate surface area is 113 Å². The van der Waals surface area contributed by atoms with Crippen molar-refractivity contribution in [1.82, 2.24) is 9.55 Å². The summed E-state index contributed by atoms with van der Waals surface area (Å²) in [5.41, 5.74) is 2.74. The average molecular weight is 263 g/mol. The van der Waals surface area contributed by atoms with Gasteiger partial charge < -0.3 is 4.57 Å². The minimum Gasteiger partial charge on any atom is -0.324 e. The largest absolute Gasteiger partial charge is 0.324 e. The van der Waals surface area contributed by atoms with Crippen LogP contribution in [-0.4, -0.2) is 9.55 Å². The van der Waals surface area contributed by atoms with E-state index in [1.54, 1.807) is 0 Å². The zero-order valence-electron chi connectivity index (χ0n) is 11.0. The summed E-state index contributed by atoms with van der Waals surface area (Å²) < 4.78 is 2.37. The molecule has 1 saturated carbocycles. The number of halogens is 1. The predicted molar refractivity (Wildman–Crippen MR) is 76.0 cm³/mol. The Hall–Kier alpha value is -1.02. The Bertz CT molecular complexity index is 571. The van der Waals surface area contributed by atoms with Crippen LogP contribution in [0.3, 0.4) is 0 Å². The zero-order chi connectivity index (χ0) is 12.8. The molecular weight excluding hydrogens is 244 g/mol. The standard InChI is InChI=1S/C15H19ClN2/c1-15(2)8-7-11(9-15)18-13-6-4-3-5-12(13)17-14(18)10-16/h3-6,11H,7-10H2,1-2H3. The van der Waals surface area contributed by atoms with Crippen molar-refractivity contribution in [2.75, 3.05) is 0 Å². The fraction of sp³-hybridized carbons (Fsp3) is 0.533. The third kappa shape index (κ3) is 1.93. The number of nitrogens with zero attached hydrogens (tertiary/aromatic N) is 2. The second-order valence-electron chi connectivity index (χ2n) is 6.08. The third-order valence-corrected chi connectivity index (χ3v) is 4.34. The molecule has 2 aromatic rings. The van der Waals surface area contributed by atoms with E-state index in [1.807, 2.05) is 6.07 Å². The van der Waals surface area contributed by atoms with Gasteiger partial charge in [0.15, 0.2) is 0 Å². The number of fused-ring (bicyclic) bond motifs is 1. The lowest BCUT2D eigenvalue weighted by Crippen LogP contribution is -2.11. The Morgan fingerprint density at radius 2 is 2.17 bits per heavy atom. The molecular formula is C15H19ClN2. The second kappa shape index (κ2) is 4.27. The molecule has 1 heterocycles. The van der Waals surface area contributed by atoms with Gasteiger partial charge in [-0.1, -0.05) is 26.0 Å². The highest BCUT2D eigenvalue weighted by atomic mass is 35.5. The Balaban J connectivity index is 2.10. The molecule has 1 aliphatic carbocycles. The highest BCUT2D eigenvalue weighted by Gasteiger charge is 2.33. The molecule has 96 valence electrons. The fourth-order valence-electron chi connectivity index (χ4n) is 3.22. The Morgan fingerprint density at radius 3 is 2.83 bits per heavy atom. The predicted octanol–water partition coefficient (Wildman–Crippen LogP) is 4.53. The van der Waals surface area contributed by atoms with Crippen molar-refractivity contribution in [3.63, 3.8) is 0 Å². The minimum atomic E-state index is 0.444. The third-order valence-electron chi connectivity index (χ3n) is 4.10. The number of para-hydroxylation sites is 2. The second-order valence-corrected chi connectivity index (χ2v) is 6.35. The van der Waals surface area contributed by atoms with Crippen molar-refractivity contribution in [2.45, 2.75) is 45.0 Å². The number of alkyl halides is 1. The van der Waals surface area contributed by atoms with Crippen molar-refractivity contribution in [2.24, 2.45) is 5.41 Å². The van der Waals surface area contributed by atoms with E-state index >= 15 is 0 Å². The highest BCUT2D eigenvalue weighted by molar-refractivity contribution is 6.16. The molecule has 1 unspecified atom stereocenters. The van der Waals surface area contributed by atoms with E-state index in [0.29, 0.717) is 17.3 Å². The van der Waals surface area contributed by atoms with Gasteiger partial charge >= 0.3 is 0 Å². The highest BCUT2D eigenvalue weighted by Crippen LogP contribution is 2.45. The lowest BCUT2D eigenvalue weighted by molar-refractivity contribution is 0.359. The van der Waals surface area contributed by atoms with Crippen LogP contribution in [0, 0.1) is 5.41 Å². The number of aromatic nitrogens is 2. The summed E-state index contributed by atoms with van der Waals surface area (Å²) >= 11 is 6.07. The van der Waals surface area contributed by atoms with Crippen LogP contribution in [-0.2, 0) is 5.88 Å². The van der Waals surface area contributed by atoms with Crippen molar-refractivity contribution in [3.8, 4) is 0 Å². The summed E-state index contributed by atoms with van der Waals surface area (Å²) in [6, 6.07) is 8.90. The Morgan fingerprint density at radius 1 is 1.39 bits per heavy atom. The van der Waals surface area contributed by atoms with Crippen molar-refractivity contribution < 1.29 is 0 Å². The fourth-order valence-corrected chi connectivity index (χ4v) is 3.40. The first-order valence-electron chi connectivity index (χ1n) is 6.62. The lowest BCUT2D eigenvalue weighted by Gasteiger charge is -2.19. The molecule has 0 spiro atoms.